The Bertz CT molecular complexity index is 552. The van der Waals surface area contributed by atoms with Gasteiger partial charge in [-0.25, -0.2) is 0 Å². The van der Waals surface area contributed by atoms with Crippen molar-refractivity contribution < 1.29 is 4.74 Å². The Morgan fingerprint density at radius 2 is 1.85 bits per heavy atom. The lowest BCUT2D eigenvalue weighted by Gasteiger charge is -2.19. The Balaban J connectivity index is 2.18. The minimum atomic E-state index is -0.137. The van der Waals surface area contributed by atoms with Gasteiger partial charge in [-0.05, 0) is 53.8 Å². The number of hydrogen-bond acceptors (Lipinski definition) is 3. The number of rotatable bonds is 5. The van der Waals surface area contributed by atoms with E-state index in [1.165, 1.54) is 11.1 Å². The zero-order chi connectivity index (χ0) is 14.5. The Morgan fingerprint density at radius 3 is 2.40 bits per heavy atom. The average Bonchev–Trinajstić information content (AvgIpc) is 2.45. The zero-order valence-electron chi connectivity index (χ0n) is 12.3. The lowest BCUT2D eigenvalue weighted by Crippen LogP contribution is -2.18. The molecule has 1 heterocycles. The molecule has 0 saturated carbocycles. The smallest absolute Gasteiger partial charge is 0.136 e. The van der Waals surface area contributed by atoms with Crippen molar-refractivity contribution in [3.05, 3.63) is 59.4 Å². The van der Waals surface area contributed by atoms with Gasteiger partial charge < -0.3 is 10.5 Å². The van der Waals surface area contributed by atoms with Crippen LogP contribution in [0.1, 0.15) is 42.6 Å². The molecule has 0 amide bonds. The predicted octanol–water partition coefficient (Wildman–Crippen LogP) is 3.59. The van der Waals surface area contributed by atoms with E-state index in [-0.39, 0.29) is 6.10 Å². The second-order valence-electron chi connectivity index (χ2n) is 5.30. The SMILES string of the molecule is Cc1cc(OC(CN)c2ccncc2)ccc1C(C)C. The average molecular weight is 270 g/mol. The number of nitrogens with zero attached hydrogens (tertiary/aromatic N) is 1. The van der Waals surface area contributed by atoms with Gasteiger partial charge >= 0.3 is 0 Å². The Morgan fingerprint density at radius 1 is 1.15 bits per heavy atom. The van der Waals surface area contributed by atoms with Gasteiger partial charge in [0.1, 0.15) is 11.9 Å². The van der Waals surface area contributed by atoms with Crippen LogP contribution in [0.3, 0.4) is 0 Å². The first-order valence-corrected chi connectivity index (χ1v) is 6.99. The molecule has 106 valence electrons. The molecule has 2 rings (SSSR count). The normalized spacial score (nSPS) is 12.4. The first-order chi connectivity index (χ1) is 9.61. The summed E-state index contributed by atoms with van der Waals surface area (Å²) in [6.07, 6.45) is 3.38. The maximum absolute atomic E-state index is 6.01. The molecule has 2 N–H and O–H groups in total. The lowest BCUT2D eigenvalue weighted by molar-refractivity contribution is 0.214. The number of aromatic nitrogens is 1. The van der Waals surface area contributed by atoms with Gasteiger partial charge in [-0.1, -0.05) is 19.9 Å². The molecule has 0 saturated heterocycles. The molecule has 1 aromatic heterocycles. The fraction of sp³-hybridized carbons (Fsp3) is 0.353. The second kappa shape index (κ2) is 6.53. The van der Waals surface area contributed by atoms with Gasteiger partial charge in [0.15, 0.2) is 0 Å². The molecule has 0 bridgehead atoms. The van der Waals surface area contributed by atoms with Crippen molar-refractivity contribution in [3.8, 4) is 5.75 Å². The molecule has 2 aromatic rings. The van der Waals surface area contributed by atoms with Gasteiger partial charge in [0, 0.05) is 18.9 Å². The van der Waals surface area contributed by atoms with Gasteiger partial charge in [0.2, 0.25) is 0 Å². The van der Waals surface area contributed by atoms with Crippen LogP contribution >= 0.6 is 0 Å². The third-order valence-electron chi connectivity index (χ3n) is 3.43. The van der Waals surface area contributed by atoms with Gasteiger partial charge in [-0.15, -0.1) is 0 Å². The van der Waals surface area contributed by atoms with E-state index in [0.29, 0.717) is 12.5 Å². The van der Waals surface area contributed by atoms with Crippen molar-refractivity contribution >= 4 is 0 Å². The van der Waals surface area contributed by atoms with Gasteiger partial charge in [0.05, 0.1) is 0 Å². The topological polar surface area (TPSA) is 48.1 Å². The van der Waals surface area contributed by atoms with Crippen LogP contribution in [0.5, 0.6) is 5.75 Å². The molecule has 1 aromatic carbocycles. The van der Waals surface area contributed by atoms with Crippen LogP contribution in [0, 0.1) is 6.92 Å². The molecule has 1 atom stereocenters. The standard InChI is InChI=1S/C17H22N2O/c1-12(2)16-5-4-15(10-13(16)3)20-17(11-18)14-6-8-19-9-7-14/h4-10,12,17H,11,18H2,1-3H3. The summed E-state index contributed by atoms with van der Waals surface area (Å²) >= 11 is 0. The molecular weight excluding hydrogens is 248 g/mol. The maximum atomic E-state index is 6.01. The van der Waals surface area contributed by atoms with E-state index in [2.05, 4.69) is 37.9 Å². The van der Waals surface area contributed by atoms with Crippen molar-refractivity contribution in [2.75, 3.05) is 6.54 Å². The molecule has 0 fully saturated rings. The molecule has 0 spiro atoms. The highest BCUT2D eigenvalue weighted by Gasteiger charge is 2.12. The van der Waals surface area contributed by atoms with E-state index in [1.807, 2.05) is 18.2 Å². The summed E-state index contributed by atoms with van der Waals surface area (Å²) in [6, 6.07) is 10.1. The highest BCUT2D eigenvalue weighted by Crippen LogP contribution is 2.26. The third-order valence-corrected chi connectivity index (χ3v) is 3.43. The number of hydrogen-bond donors (Lipinski definition) is 1. The first kappa shape index (κ1) is 14.5. The fourth-order valence-corrected chi connectivity index (χ4v) is 2.36. The van der Waals surface area contributed by atoms with Crippen molar-refractivity contribution in [1.29, 1.82) is 0 Å². The van der Waals surface area contributed by atoms with Crippen LogP contribution in [0.4, 0.5) is 0 Å². The lowest BCUT2D eigenvalue weighted by atomic mass is 9.98. The minimum absolute atomic E-state index is 0.137. The van der Waals surface area contributed by atoms with E-state index in [4.69, 9.17) is 10.5 Å². The summed E-state index contributed by atoms with van der Waals surface area (Å²) < 4.78 is 6.01. The van der Waals surface area contributed by atoms with Crippen LogP contribution in [-0.4, -0.2) is 11.5 Å². The summed E-state index contributed by atoms with van der Waals surface area (Å²) in [6.45, 7) is 6.95. The number of benzene rings is 1. The number of aryl methyl sites for hydroxylation is 1. The molecular formula is C17H22N2O. The van der Waals surface area contributed by atoms with Crippen LogP contribution < -0.4 is 10.5 Å². The molecule has 0 aliphatic rings. The molecule has 0 radical (unpaired) electrons. The van der Waals surface area contributed by atoms with E-state index < -0.39 is 0 Å². The maximum Gasteiger partial charge on any atom is 0.136 e. The number of nitrogens with two attached hydrogens (primary N) is 1. The van der Waals surface area contributed by atoms with Crippen LogP contribution in [0.2, 0.25) is 0 Å². The summed E-state index contributed by atoms with van der Waals surface area (Å²) in [5.41, 5.74) is 9.48. The highest BCUT2D eigenvalue weighted by molar-refractivity contribution is 5.37. The Kier molecular flexibility index (Phi) is 4.74. The van der Waals surface area contributed by atoms with Crippen LogP contribution in [0.15, 0.2) is 42.7 Å². The Labute approximate surface area is 120 Å². The summed E-state index contributed by atoms with van der Waals surface area (Å²) in [5, 5.41) is 0. The Hall–Kier alpha value is -1.87. The van der Waals surface area contributed by atoms with E-state index >= 15 is 0 Å². The summed E-state index contributed by atoms with van der Waals surface area (Å²) in [5.74, 6) is 1.38. The predicted molar refractivity (Wildman–Crippen MR) is 81.9 cm³/mol. The molecule has 0 aliphatic heterocycles. The van der Waals surface area contributed by atoms with Crippen molar-refractivity contribution in [3.63, 3.8) is 0 Å². The molecule has 0 aliphatic carbocycles. The molecule has 20 heavy (non-hydrogen) atoms. The first-order valence-electron chi connectivity index (χ1n) is 6.99. The minimum Gasteiger partial charge on any atom is -0.484 e. The summed E-state index contributed by atoms with van der Waals surface area (Å²) in [7, 11) is 0. The van der Waals surface area contributed by atoms with E-state index in [1.54, 1.807) is 12.4 Å². The largest absolute Gasteiger partial charge is 0.484 e. The van der Waals surface area contributed by atoms with E-state index in [9.17, 15) is 0 Å². The molecule has 3 nitrogen and oxygen atoms in total. The summed E-state index contributed by atoms with van der Waals surface area (Å²) in [4.78, 5) is 4.02. The van der Waals surface area contributed by atoms with E-state index in [0.717, 1.165) is 11.3 Å². The van der Waals surface area contributed by atoms with Crippen molar-refractivity contribution in [2.24, 2.45) is 5.73 Å². The monoisotopic (exact) mass is 270 g/mol. The quantitative estimate of drug-likeness (QED) is 0.903. The number of ether oxygens (including phenoxy) is 1. The second-order valence-corrected chi connectivity index (χ2v) is 5.30. The molecule has 3 heteroatoms. The van der Waals surface area contributed by atoms with Crippen LogP contribution in [0.25, 0.3) is 0 Å². The fourth-order valence-electron chi connectivity index (χ4n) is 2.36. The molecule has 1 unspecified atom stereocenters. The zero-order valence-corrected chi connectivity index (χ0v) is 12.3. The van der Waals surface area contributed by atoms with Crippen molar-refractivity contribution in [1.82, 2.24) is 4.98 Å². The van der Waals surface area contributed by atoms with Crippen molar-refractivity contribution in [2.45, 2.75) is 32.8 Å². The number of pyridine rings is 1. The van der Waals surface area contributed by atoms with Gasteiger partial charge in [-0.2, -0.15) is 0 Å². The van der Waals surface area contributed by atoms with Gasteiger partial charge in [-0.3, -0.25) is 4.98 Å². The highest BCUT2D eigenvalue weighted by atomic mass is 16.5. The third kappa shape index (κ3) is 3.36. The van der Waals surface area contributed by atoms with Gasteiger partial charge in [0.25, 0.3) is 0 Å². The van der Waals surface area contributed by atoms with Crippen LogP contribution in [-0.2, 0) is 0 Å².